The quantitative estimate of drug-likeness (QED) is 0.900. The molecule has 1 aliphatic rings. The van der Waals surface area contributed by atoms with E-state index in [0.29, 0.717) is 0 Å². The first-order valence-corrected chi connectivity index (χ1v) is 8.23. The van der Waals surface area contributed by atoms with Crippen LogP contribution < -0.4 is 5.32 Å². The van der Waals surface area contributed by atoms with Gasteiger partial charge < -0.3 is 4.90 Å². The van der Waals surface area contributed by atoms with Crippen LogP contribution in [0.4, 0.5) is 0 Å². The van der Waals surface area contributed by atoms with Crippen molar-refractivity contribution in [2.75, 3.05) is 13.1 Å². The molecule has 1 heterocycles. The van der Waals surface area contributed by atoms with Crippen molar-refractivity contribution < 1.29 is 4.79 Å². The highest BCUT2D eigenvalue weighted by Gasteiger charge is 2.24. The van der Waals surface area contributed by atoms with Crippen molar-refractivity contribution in [3.8, 4) is 0 Å². The fraction of sp³-hybridized carbons (Fsp3) is 0.611. The number of likely N-dealkylation sites (tertiary alicyclic amines) is 1. The molecule has 2 rings (SSSR count). The number of carbonyl (C=O) groups is 1. The second-order valence-corrected chi connectivity index (χ2v) is 6.15. The molecule has 116 valence electrons. The highest BCUT2D eigenvalue weighted by Crippen LogP contribution is 2.19. The minimum Gasteiger partial charge on any atom is -0.341 e. The number of rotatable bonds is 5. The summed E-state index contributed by atoms with van der Waals surface area (Å²) in [5, 5.41) is 3.51. The summed E-state index contributed by atoms with van der Waals surface area (Å²) >= 11 is 0. The number of amides is 1. The lowest BCUT2D eigenvalue weighted by Crippen LogP contribution is -2.47. The Labute approximate surface area is 128 Å². The van der Waals surface area contributed by atoms with Gasteiger partial charge in [-0.25, -0.2) is 0 Å². The van der Waals surface area contributed by atoms with E-state index < -0.39 is 0 Å². The van der Waals surface area contributed by atoms with Gasteiger partial charge in [0.15, 0.2) is 0 Å². The van der Waals surface area contributed by atoms with Gasteiger partial charge in [0, 0.05) is 19.1 Å². The smallest absolute Gasteiger partial charge is 0.239 e. The van der Waals surface area contributed by atoms with Gasteiger partial charge in [0.2, 0.25) is 5.91 Å². The topological polar surface area (TPSA) is 32.3 Å². The Kier molecular flexibility index (Phi) is 5.80. The van der Waals surface area contributed by atoms with E-state index in [9.17, 15) is 4.79 Å². The Morgan fingerprint density at radius 1 is 1.19 bits per heavy atom. The fourth-order valence-corrected chi connectivity index (χ4v) is 3.01. The van der Waals surface area contributed by atoms with Crippen LogP contribution in [0.2, 0.25) is 0 Å². The molecular weight excluding hydrogens is 260 g/mol. The number of piperidine rings is 1. The van der Waals surface area contributed by atoms with Crippen molar-refractivity contribution in [2.45, 2.75) is 58.5 Å². The zero-order valence-electron chi connectivity index (χ0n) is 13.6. The Morgan fingerprint density at radius 3 is 2.38 bits per heavy atom. The predicted octanol–water partition coefficient (Wildman–Crippen LogP) is 3.44. The molecule has 0 radical (unpaired) electrons. The van der Waals surface area contributed by atoms with Crippen LogP contribution in [-0.2, 0) is 4.79 Å². The molecule has 0 aliphatic carbocycles. The molecule has 3 nitrogen and oxygen atoms in total. The summed E-state index contributed by atoms with van der Waals surface area (Å²) < 4.78 is 0. The normalized spacial score (nSPS) is 18.3. The molecule has 21 heavy (non-hydrogen) atoms. The number of nitrogens with one attached hydrogen (secondary N) is 1. The minimum atomic E-state index is -0.116. The molecule has 1 aliphatic heterocycles. The molecule has 1 amide bonds. The maximum Gasteiger partial charge on any atom is 0.239 e. The van der Waals surface area contributed by atoms with Gasteiger partial charge in [0.1, 0.15) is 0 Å². The average Bonchev–Trinajstić information content (AvgIpc) is 2.53. The van der Waals surface area contributed by atoms with Gasteiger partial charge in [-0.15, -0.1) is 0 Å². The van der Waals surface area contributed by atoms with Gasteiger partial charge in [0.05, 0.1) is 6.04 Å². The largest absolute Gasteiger partial charge is 0.341 e. The summed E-state index contributed by atoms with van der Waals surface area (Å²) in [4.78, 5) is 14.5. The molecule has 1 aromatic rings. The van der Waals surface area contributed by atoms with Crippen LogP contribution in [0, 0.1) is 6.92 Å². The predicted molar refractivity (Wildman–Crippen MR) is 87.2 cm³/mol. The fourth-order valence-electron chi connectivity index (χ4n) is 3.01. The van der Waals surface area contributed by atoms with Crippen molar-refractivity contribution in [3.63, 3.8) is 0 Å². The van der Waals surface area contributed by atoms with Crippen LogP contribution in [0.15, 0.2) is 24.3 Å². The van der Waals surface area contributed by atoms with Crippen molar-refractivity contribution in [3.05, 3.63) is 35.4 Å². The third-order valence-electron chi connectivity index (χ3n) is 4.38. The third-order valence-corrected chi connectivity index (χ3v) is 4.38. The maximum absolute atomic E-state index is 12.5. The lowest BCUT2D eigenvalue weighted by molar-refractivity contribution is -0.134. The highest BCUT2D eigenvalue weighted by atomic mass is 16.2. The first kappa shape index (κ1) is 16.0. The van der Waals surface area contributed by atoms with Crippen molar-refractivity contribution in [1.82, 2.24) is 10.2 Å². The molecule has 3 heteroatoms. The number of hydrogen-bond donors (Lipinski definition) is 1. The average molecular weight is 288 g/mol. The summed E-state index contributed by atoms with van der Waals surface area (Å²) in [6, 6.07) is 8.72. The summed E-state index contributed by atoms with van der Waals surface area (Å²) in [7, 11) is 0. The van der Waals surface area contributed by atoms with E-state index in [2.05, 4.69) is 43.4 Å². The van der Waals surface area contributed by atoms with Gasteiger partial charge in [-0.3, -0.25) is 10.1 Å². The monoisotopic (exact) mass is 288 g/mol. The molecule has 1 saturated heterocycles. The minimum absolute atomic E-state index is 0.116. The molecule has 0 bridgehead atoms. The number of hydrogen-bond acceptors (Lipinski definition) is 2. The number of aryl methyl sites for hydroxylation is 1. The van der Waals surface area contributed by atoms with E-state index in [1.807, 2.05) is 11.8 Å². The third kappa shape index (κ3) is 4.31. The van der Waals surface area contributed by atoms with Crippen LogP contribution >= 0.6 is 0 Å². The Bertz CT molecular complexity index is 449. The second kappa shape index (κ2) is 7.60. The van der Waals surface area contributed by atoms with Crippen LogP contribution in [0.3, 0.4) is 0 Å². The van der Waals surface area contributed by atoms with Crippen molar-refractivity contribution >= 4 is 5.91 Å². The SMILES string of the molecule is CCC(NC(C)C(=O)N1CCCCC1)c1ccc(C)cc1. The number of benzene rings is 1. The summed E-state index contributed by atoms with van der Waals surface area (Å²) in [5.41, 5.74) is 2.53. The van der Waals surface area contributed by atoms with Crippen LogP contribution in [-0.4, -0.2) is 29.9 Å². The van der Waals surface area contributed by atoms with E-state index in [1.165, 1.54) is 17.5 Å². The molecule has 0 saturated carbocycles. The summed E-state index contributed by atoms with van der Waals surface area (Å²) in [6.45, 7) is 8.10. The van der Waals surface area contributed by atoms with E-state index in [4.69, 9.17) is 0 Å². The van der Waals surface area contributed by atoms with Gasteiger partial charge in [0.25, 0.3) is 0 Å². The van der Waals surface area contributed by atoms with Gasteiger partial charge in [-0.2, -0.15) is 0 Å². The second-order valence-electron chi connectivity index (χ2n) is 6.15. The molecule has 2 atom stereocenters. The Balaban J connectivity index is 1.96. The molecule has 0 spiro atoms. The molecular formula is C18H28N2O. The number of nitrogens with zero attached hydrogens (tertiary/aromatic N) is 1. The first-order chi connectivity index (χ1) is 10.1. The van der Waals surface area contributed by atoms with E-state index in [1.54, 1.807) is 0 Å². The van der Waals surface area contributed by atoms with E-state index >= 15 is 0 Å². The van der Waals surface area contributed by atoms with Gasteiger partial charge in [-0.05, 0) is 45.1 Å². The lowest BCUT2D eigenvalue weighted by atomic mass is 10.0. The Hall–Kier alpha value is -1.35. The van der Waals surface area contributed by atoms with Crippen LogP contribution in [0.1, 0.15) is 56.7 Å². The van der Waals surface area contributed by atoms with E-state index in [-0.39, 0.29) is 18.0 Å². The van der Waals surface area contributed by atoms with Crippen LogP contribution in [0.25, 0.3) is 0 Å². The van der Waals surface area contributed by atoms with E-state index in [0.717, 1.165) is 32.4 Å². The summed E-state index contributed by atoms with van der Waals surface area (Å²) in [6.07, 6.45) is 4.54. The first-order valence-electron chi connectivity index (χ1n) is 8.23. The van der Waals surface area contributed by atoms with Crippen molar-refractivity contribution in [2.24, 2.45) is 0 Å². The standard InChI is InChI=1S/C18H28N2O/c1-4-17(16-10-8-14(2)9-11-16)19-15(3)18(21)20-12-6-5-7-13-20/h8-11,15,17,19H,4-7,12-13H2,1-3H3. The molecule has 1 fully saturated rings. The van der Waals surface area contributed by atoms with Gasteiger partial charge in [-0.1, -0.05) is 36.8 Å². The number of carbonyl (C=O) groups excluding carboxylic acids is 1. The maximum atomic E-state index is 12.5. The zero-order chi connectivity index (χ0) is 15.2. The van der Waals surface area contributed by atoms with Crippen LogP contribution in [0.5, 0.6) is 0 Å². The summed E-state index contributed by atoms with van der Waals surface area (Å²) in [5.74, 6) is 0.250. The highest BCUT2D eigenvalue weighted by molar-refractivity contribution is 5.81. The molecule has 2 unspecified atom stereocenters. The Morgan fingerprint density at radius 2 is 1.81 bits per heavy atom. The lowest BCUT2D eigenvalue weighted by Gasteiger charge is -2.31. The van der Waals surface area contributed by atoms with Crippen molar-refractivity contribution in [1.29, 1.82) is 0 Å². The van der Waals surface area contributed by atoms with Gasteiger partial charge >= 0.3 is 0 Å². The molecule has 0 aromatic heterocycles. The molecule has 1 N–H and O–H groups in total. The molecule has 1 aromatic carbocycles. The zero-order valence-corrected chi connectivity index (χ0v) is 13.6.